The van der Waals surface area contributed by atoms with Crippen LogP contribution in [0.2, 0.25) is 5.02 Å². The molecule has 0 saturated carbocycles. The highest BCUT2D eigenvalue weighted by Gasteiger charge is 2.39. The van der Waals surface area contributed by atoms with E-state index in [0.717, 1.165) is 11.1 Å². The Morgan fingerprint density at radius 1 is 1.14 bits per heavy atom. The first-order valence-corrected chi connectivity index (χ1v) is 13.8. The molecule has 37 heavy (non-hydrogen) atoms. The number of benzene rings is 2. The minimum absolute atomic E-state index is 0.0291. The number of esters is 1. The van der Waals surface area contributed by atoms with Crippen molar-refractivity contribution in [1.29, 1.82) is 0 Å². The van der Waals surface area contributed by atoms with Crippen molar-refractivity contribution in [2.75, 3.05) is 18.1 Å². The van der Waals surface area contributed by atoms with E-state index in [2.05, 4.69) is 0 Å². The number of aromatic nitrogens is 1. The Balaban J connectivity index is 1.73. The number of ether oxygens (including phenoxy) is 1. The summed E-state index contributed by atoms with van der Waals surface area (Å²) in [6.07, 6.45) is 1.37. The van der Waals surface area contributed by atoms with Gasteiger partial charge in [-0.3, -0.25) is 14.5 Å². The van der Waals surface area contributed by atoms with E-state index in [1.54, 1.807) is 11.0 Å². The van der Waals surface area contributed by atoms with Crippen LogP contribution in [0.5, 0.6) is 0 Å². The molecule has 2 heterocycles. The molecule has 1 N–H and O–H groups in total. The zero-order valence-corrected chi connectivity index (χ0v) is 23.0. The number of hydrogen-bond donors (Lipinski definition) is 1. The van der Waals surface area contributed by atoms with Gasteiger partial charge >= 0.3 is 5.97 Å². The van der Waals surface area contributed by atoms with E-state index in [1.807, 2.05) is 74.7 Å². The lowest BCUT2D eigenvalue weighted by Crippen LogP contribution is -2.45. The number of nitrogens with zero attached hydrogens (tertiary/aromatic N) is 2. The van der Waals surface area contributed by atoms with E-state index in [-0.39, 0.29) is 30.8 Å². The molecule has 1 aliphatic rings. The quantitative estimate of drug-likeness (QED) is 0.369. The summed E-state index contributed by atoms with van der Waals surface area (Å²) in [6.45, 7) is 5.76. The normalized spacial score (nSPS) is 20.8. The van der Waals surface area contributed by atoms with Gasteiger partial charge in [0.2, 0.25) is 5.91 Å². The minimum Gasteiger partial charge on any atom is -0.460 e. The summed E-state index contributed by atoms with van der Waals surface area (Å²) >= 11 is 7.75. The summed E-state index contributed by atoms with van der Waals surface area (Å²) in [4.78, 5) is 33.6. The van der Waals surface area contributed by atoms with Gasteiger partial charge in [0, 0.05) is 35.0 Å². The molecular formula is C29H33ClN2O4S. The highest BCUT2D eigenvalue weighted by atomic mass is 35.5. The molecule has 2 aromatic carbocycles. The molecular weight excluding hydrogens is 508 g/mol. The number of anilines is 1. The lowest BCUT2D eigenvalue weighted by Gasteiger charge is -2.36. The van der Waals surface area contributed by atoms with Crippen molar-refractivity contribution >= 4 is 39.9 Å². The summed E-state index contributed by atoms with van der Waals surface area (Å²) in [5.41, 5.74) is 1.82. The van der Waals surface area contributed by atoms with Gasteiger partial charge in [-0.1, -0.05) is 60.1 Å². The van der Waals surface area contributed by atoms with E-state index in [1.165, 1.54) is 11.3 Å². The monoisotopic (exact) mass is 540 g/mol. The molecule has 1 fully saturated rings. The summed E-state index contributed by atoms with van der Waals surface area (Å²) in [7, 11) is 0. The van der Waals surface area contributed by atoms with Gasteiger partial charge in [0.05, 0.1) is 18.0 Å². The molecule has 1 saturated heterocycles. The van der Waals surface area contributed by atoms with Crippen molar-refractivity contribution in [2.45, 2.75) is 51.6 Å². The number of carbonyl (C=O) groups excluding carboxylic acids is 2. The molecule has 6 nitrogen and oxygen atoms in total. The summed E-state index contributed by atoms with van der Waals surface area (Å²) in [6, 6.07) is 17.3. The van der Waals surface area contributed by atoms with Crippen LogP contribution in [0.25, 0.3) is 11.3 Å². The standard InChI is InChI=1S/C29H33ClN2O4S/c1-29(2,3)36-26(34)15-23-21(20-9-5-4-6-10-20)14-13-19(17-33)16-32(27(23)35)28-31-25(18-37-28)22-11-7-8-12-24(22)30/h4-12,18-19,21,23,33H,13-17H2,1-3H3/t19?,21-,23+/m1/s1. The Hall–Kier alpha value is -2.74. The molecule has 1 aliphatic heterocycles. The molecule has 1 amide bonds. The van der Waals surface area contributed by atoms with Gasteiger partial charge in [-0.25, -0.2) is 4.98 Å². The van der Waals surface area contributed by atoms with Crippen LogP contribution >= 0.6 is 22.9 Å². The zero-order valence-electron chi connectivity index (χ0n) is 21.4. The Labute approximate surface area is 227 Å². The van der Waals surface area contributed by atoms with E-state index in [0.29, 0.717) is 35.2 Å². The van der Waals surface area contributed by atoms with Gasteiger partial charge in [-0.2, -0.15) is 0 Å². The highest BCUT2D eigenvalue weighted by Crippen LogP contribution is 2.40. The van der Waals surface area contributed by atoms with Crippen LogP contribution in [0.1, 0.15) is 51.5 Å². The van der Waals surface area contributed by atoms with Gasteiger partial charge in [-0.15, -0.1) is 11.3 Å². The fraction of sp³-hybridized carbons (Fsp3) is 0.414. The largest absolute Gasteiger partial charge is 0.460 e. The molecule has 4 rings (SSSR count). The topological polar surface area (TPSA) is 79.7 Å². The van der Waals surface area contributed by atoms with E-state index >= 15 is 0 Å². The van der Waals surface area contributed by atoms with Gasteiger partial charge < -0.3 is 9.84 Å². The molecule has 1 unspecified atom stereocenters. The third kappa shape index (κ3) is 6.78. The van der Waals surface area contributed by atoms with Crippen molar-refractivity contribution in [3.8, 4) is 11.3 Å². The number of rotatable bonds is 6. The Kier molecular flexibility index (Phi) is 8.67. The predicted molar refractivity (Wildman–Crippen MR) is 148 cm³/mol. The van der Waals surface area contributed by atoms with Crippen molar-refractivity contribution in [1.82, 2.24) is 4.98 Å². The maximum atomic E-state index is 14.2. The minimum atomic E-state index is -0.648. The summed E-state index contributed by atoms with van der Waals surface area (Å²) in [5.74, 6) is -1.50. The maximum Gasteiger partial charge on any atom is 0.307 e. The van der Waals surface area contributed by atoms with Crippen LogP contribution in [0.4, 0.5) is 5.13 Å². The second-order valence-electron chi connectivity index (χ2n) is 10.5. The number of hydrogen-bond acceptors (Lipinski definition) is 6. The highest BCUT2D eigenvalue weighted by molar-refractivity contribution is 7.14. The number of carbonyl (C=O) groups is 2. The molecule has 3 atom stereocenters. The fourth-order valence-corrected chi connectivity index (χ4v) is 5.89. The molecule has 0 bridgehead atoms. The second kappa shape index (κ2) is 11.8. The lowest BCUT2D eigenvalue weighted by molar-refractivity contribution is -0.157. The molecule has 8 heteroatoms. The Morgan fingerprint density at radius 2 is 1.84 bits per heavy atom. The first-order valence-electron chi connectivity index (χ1n) is 12.6. The van der Waals surface area contributed by atoms with Crippen LogP contribution in [0.3, 0.4) is 0 Å². The third-order valence-electron chi connectivity index (χ3n) is 6.56. The number of aliphatic hydroxyl groups excluding tert-OH is 1. The SMILES string of the molecule is CC(C)(C)OC(=O)C[C@@H]1C(=O)N(c2nc(-c3ccccc3Cl)cs2)CC(CO)CC[C@@H]1c1ccccc1. The van der Waals surface area contributed by atoms with E-state index < -0.39 is 17.5 Å². The average molecular weight is 541 g/mol. The van der Waals surface area contributed by atoms with Gasteiger partial charge in [-0.05, 0) is 51.2 Å². The van der Waals surface area contributed by atoms with Crippen LogP contribution in [0, 0.1) is 11.8 Å². The first-order chi connectivity index (χ1) is 17.7. The molecule has 0 spiro atoms. The van der Waals surface area contributed by atoms with Crippen LogP contribution in [-0.2, 0) is 14.3 Å². The molecule has 196 valence electrons. The average Bonchev–Trinajstić information content (AvgIpc) is 3.33. The van der Waals surface area contributed by atoms with Gasteiger partial charge in [0.1, 0.15) is 5.60 Å². The Morgan fingerprint density at radius 3 is 2.51 bits per heavy atom. The lowest BCUT2D eigenvalue weighted by atomic mass is 9.77. The molecule has 0 aliphatic carbocycles. The molecule has 1 aromatic heterocycles. The van der Waals surface area contributed by atoms with Crippen molar-refractivity contribution in [3.63, 3.8) is 0 Å². The van der Waals surface area contributed by atoms with Crippen LogP contribution in [0.15, 0.2) is 60.0 Å². The smallest absolute Gasteiger partial charge is 0.307 e. The number of aliphatic hydroxyl groups is 1. The number of amides is 1. The van der Waals surface area contributed by atoms with E-state index in [4.69, 9.17) is 21.3 Å². The summed E-state index contributed by atoms with van der Waals surface area (Å²) < 4.78 is 5.63. The molecule has 0 radical (unpaired) electrons. The third-order valence-corrected chi connectivity index (χ3v) is 7.75. The van der Waals surface area contributed by atoms with Crippen molar-refractivity contribution in [3.05, 3.63) is 70.6 Å². The van der Waals surface area contributed by atoms with Gasteiger partial charge in [0.15, 0.2) is 5.13 Å². The van der Waals surface area contributed by atoms with Crippen molar-refractivity contribution < 1.29 is 19.4 Å². The first kappa shape index (κ1) is 27.3. The second-order valence-corrected chi connectivity index (χ2v) is 11.7. The Bertz CT molecular complexity index is 1220. The van der Waals surface area contributed by atoms with E-state index in [9.17, 15) is 14.7 Å². The van der Waals surface area contributed by atoms with Crippen molar-refractivity contribution in [2.24, 2.45) is 11.8 Å². The maximum absolute atomic E-state index is 14.2. The molecule has 3 aromatic rings. The zero-order chi connectivity index (χ0) is 26.6. The van der Waals surface area contributed by atoms with Gasteiger partial charge in [0.25, 0.3) is 0 Å². The van der Waals surface area contributed by atoms with Crippen LogP contribution in [-0.4, -0.2) is 40.7 Å². The summed E-state index contributed by atoms with van der Waals surface area (Å²) in [5, 5.41) is 13.1. The fourth-order valence-electron chi connectivity index (χ4n) is 4.82. The number of thiazole rings is 1. The number of halogens is 1. The van der Waals surface area contributed by atoms with Crippen LogP contribution < -0.4 is 4.90 Å². The predicted octanol–water partition coefficient (Wildman–Crippen LogP) is 6.33.